The van der Waals surface area contributed by atoms with E-state index in [0.29, 0.717) is 27.7 Å². The van der Waals surface area contributed by atoms with Gasteiger partial charge in [0.2, 0.25) is 0 Å². The minimum Gasteiger partial charge on any atom is -0.483 e. The number of benzene rings is 2. The number of hydrogen-bond acceptors (Lipinski definition) is 2. The van der Waals surface area contributed by atoms with Gasteiger partial charge in [0, 0.05) is 6.54 Å². The van der Waals surface area contributed by atoms with Crippen molar-refractivity contribution in [2.45, 2.75) is 13.2 Å². The van der Waals surface area contributed by atoms with Gasteiger partial charge in [-0.3, -0.25) is 0 Å². The fraction of sp³-hybridized carbons (Fsp3) is 0.200. The molecule has 2 rings (SSSR count). The summed E-state index contributed by atoms with van der Waals surface area (Å²) in [5.74, 6) is -1.87. The van der Waals surface area contributed by atoms with Crippen molar-refractivity contribution in [1.29, 1.82) is 0 Å². The van der Waals surface area contributed by atoms with Gasteiger partial charge in [-0.1, -0.05) is 29.3 Å². The van der Waals surface area contributed by atoms with E-state index >= 15 is 0 Å². The van der Waals surface area contributed by atoms with E-state index in [-0.39, 0.29) is 6.61 Å². The van der Waals surface area contributed by atoms with E-state index in [9.17, 15) is 8.78 Å². The van der Waals surface area contributed by atoms with Crippen molar-refractivity contribution in [1.82, 2.24) is 5.32 Å². The van der Waals surface area contributed by atoms with Crippen molar-refractivity contribution in [2.75, 3.05) is 7.05 Å². The molecule has 0 fully saturated rings. The maximum Gasteiger partial charge on any atom is 0.191 e. The Morgan fingerprint density at radius 3 is 2.24 bits per heavy atom. The Bertz CT molecular complexity index is 627. The quantitative estimate of drug-likeness (QED) is 0.866. The molecule has 6 heteroatoms. The molecule has 0 unspecified atom stereocenters. The summed E-state index contributed by atoms with van der Waals surface area (Å²) in [5, 5.41) is 3.60. The zero-order chi connectivity index (χ0) is 15.4. The molecule has 0 atom stereocenters. The third-order valence-corrected chi connectivity index (χ3v) is 3.55. The number of halogens is 4. The SMILES string of the molecule is CNCc1cc(F)c(OCc2ccc(Cl)c(Cl)c2)c(F)c1. The Morgan fingerprint density at radius 2 is 1.67 bits per heavy atom. The van der Waals surface area contributed by atoms with E-state index in [0.717, 1.165) is 0 Å². The van der Waals surface area contributed by atoms with Crippen molar-refractivity contribution in [3.05, 3.63) is 63.1 Å². The van der Waals surface area contributed by atoms with Crippen LogP contribution in [0.1, 0.15) is 11.1 Å². The molecule has 0 spiro atoms. The lowest BCUT2D eigenvalue weighted by atomic mass is 10.2. The Morgan fingerprint density at radius 1 is 1.00 bits per heavy atom. The topological polar surface area (TPSA) is 21.3 Å². The summed E-state index contributed by atoms with van der Waals surface area (Å²) in [6.45, 7) is 0.372. The average Bonchev–Trinajstić information content (AvgIpc) is 2.42. The minimum absolute atomic E-state index is 0.00387. The summed E-state index contributed by atoms with van der Waals surface area (Å²) in [5.41, 5.74) is 1.18. The lowest BCUT2D eigenvalue weighted by Crippen LogP contribution is -2.07. The van der Waals surface area contributed by atoms with E-state index in [4.69, 9.17) is 27.9 Å². The van der Waals surface area contributed by atoms with E-state index in [2.05, 4.69) is 5.32 Å². The highest BCUT2D eigenvalue weighted by molar-refractivity contribution is 6.42. The highest BCUT2D eigenvalue weighted by Crippen LogP contribution is 2.26. The molecule has 0 saturated carbocycles. The number of nitrogens with one attached hydrogen (secondary N) is 1. The summed E-state index contributed by atoms with van der Waals surface area (Å²) in [4.78, 5) is 0. The first-order chi connectivity index (χ1) is 10.0. The van der Waals surface area contributed by atoms with Crippen LogP contribution in [-0.2, 0) is 13.2 Å². The molecule has 0 aromatic heterocycles. The third-order valence-electron chi connectivity index (χ3n) is 2.81. The molecule has 0 aliphatic carbocycles. The van der Waals surface area contributed by atoms with Gasteiger partial charge in [-0.15, -0.1) is 0 Å². The molecule has 2 aromatic rings. The maximum absolute atomic E-state index is 13.8. The van der Waals surface area contributed by atoms with Crippen molar-refractivity contribution in [3.8, 4) is 5.75 Å². The molecular weight excluding hydrogens is 319 g/mol. The Kier molecular flexibility index (Phi) is 5.39. The van der Waals surface area contributed by atoms with Gasteiger partial charge < -0.3 is 10.1 Å². The predicted octanol–water partition coefficient (Wildman–Crippen LogP) is 4.57. The summed E-state index contributed by atoms with van der Waals surface area (Å²) >= 11 is 11.7. The van der Waals surface area contributed by atoms with Crippen LogP contribution in [0, 0.1) is 11.6 Å². The minimum atomic E-state index is -0.736. The zero-order valence-electron chi connectivity index (χ0n) is 11.2. The standard InChI is InChI=1S/C15H13Cl2F2NO/c1-20-7-10-5-13(18)15(14(19)6-10)21-8-9-2-3-11(16)12(17)4-9/h2-6,20H,7-8H2,1H3. The third kappa shape index (κ3) is 4.06. The lowest BCUT2D eigenvalue weighted by molar-refractivity contribution is 0.274. The van der Waals surface area contributed by atoms with Gasteiger partial charge in [0.05, 0.1) is 10.0 Å². The predicted molar refractivity (Wildman–Crippen MR) is 79.9 cm³/mol. The van der Waals surface area contributed by atoms with Crippen molar-refractivity contribution >= 4 is 23.2 Å². The monoisotopic (exact) mass is 331 g/mol. The zero-order valence-corrected chi connectivity index (χ0v) is 12.7. The summed E-state index contributed by atoms with van der Waals surface area (Å²) < 4.78 is 32.9. The number of hydrogen-bond donors (Lipinski definition) is 1. The van der Waals surface area contributed by atoms with Gasteiger partial charge in [0.25, 0.3) is 0 Å². The highest BCUT2D eigenvalue weighted by Gasteiger charge is 2.13. The largest absolute Gasteiger partial charge is 0.483 e. The van der Waals surface area contributed by atoms with Gasteiger partial charge >= 0.3 is 0 Å². The first kappa shape index (κ1) is 16.0. The molecule has 0 radical (unpaired) electrons. The highest BCUT2D eigenvalue weighted by atomic mass is 35.5. The second kappa shape index (κ2) is 7.07. The van der Waals surface area contributed by atoms with Gasteiger partial charge in [0.1, 0.15) is 6.61 Å². The summed E-state index contributed by atoms with van der Waals surface area (Å²) in [6, 6.07) is 7.35. The van der Waals surface area contributed by atoms with Gasteiger partial charge in [0.15, 0.2) is 17.4 Å². The molecule has 0 aliphatic heterocycles. The van der Waals surface area contributed by atoms with E-state index < -0.39 is 17.4 Å². The molecule has 0 aliphatic rings. The Labute approximate surface area is 131 Å². The van der Waals surface area contributed by atoms with Gasteiger partial charge in [-0.25, -0.2) is 8.78 Å². The smallest absolute Gasteiger partial charge is 0.191 e. The van der Waals surface area contributed by atoms with Crippen LogP contribution in [0.3, 0.4) is 0 Å². The molecule has 0 amide bonds. The van der Waals surface area contributed by atoms with Gasteiger partial charge in [-0.2, -0.15) is 0 Å². The summed E-state index contributed by atoms with van der Waals surface area (Å²) in [7, 11) is 1.70. The molecule has 2 nitrogen and oxygen atoms in total. The van der Waals surface area contributed by atoms with E-state index in [1.807, 2.05) is 0 Å². The van der Waals surface area contributed by atoms with Crippen molar-refractivity contribution < 1.29 is 13.5 Å². The summed E-state index contributed by atoms with van der Waals surface area (Å²) in [6.07, 6.45) is 0. The van der Waals surface area contributed by atoms with Crippen LogP contribution in [0.25, 0.3) is 0 Å². The molecule has 112 valence electrons. The second-order valence-corrected chi connectivity index (χ2v) is 5.27. The van der Waals surface area contributed by atoms with Crippen LogP contribution in [0.2, 0.25) is 10.0 Å². The molecule has 2 aromatic carbocycles. The molecule has 0 saturated heterocycles. The van der Waals surface area contributed by atoms with Crippen molar-refractivity contribution in [2.24, 2.45) is 0 Å². The average molecular weight is 332 g/mol. The van der Waals surface area contributed by atoms with Crippen LogP contribution in [-0.4, -0.2) is 7.05 Å². The van der Waals surface area contributed by atoms with Crippen LogP contribution in [0.15, 0.2) is 30.3 Å². The number of rotatable bonds is 5. The normalized spacial score (nSPS) is 10.7. The number of ether oxygens (including phenoxy) is 1. The first-order valence-electron chi connectivity index (χ1n) is 6.20. The lowest BCUT2D eigenvalue weighted by Gasteiger charge is -2.10. The Balaban J connectivity index is 2.14. The van der Waals surface area contributed by atoms with Crippen molar-refractivity contribution in [3.63, 3.8) is 0 Å². The van der Waals surface area contributed by atoms with Crippen LogP contribution in [0.4, 0.5) is 8.78 Å². The molecule has 0 bridgehead atoms. The fourth-order valence-electron chi connectivity index (χ4n) is 1.84. The molecular formula is C15H13Cl2F2NO. The molecule has 0 heterocycles. The van der Waals surface area contributed by atoms with Crippen LogP contribution in [0.5, 0.6) is 5.75 Å². The Hall–Kier alpha value is -1.36. The fourth-order valence-corrected chi connectivity index (χ4v) is 2.16. The molecule has 21 heavy (non-hydrogen) atoms. The second-order valence-electron chi connectivity index (χ2n) is 4.46. The molecule has 1 N–H and O–H groups in total. The van der Waals surface area contributed by atoms with E-state index in [1.54, 1.807) is 25.2 Å². The van der Waals surface area contributed by atoms with Crippen LogP contribution < -0.4 is 10.1 Å². The van der Waals surface area contributed by atoms with Gasteiger partial charge in [-0.05, 0) is 42.4 Å². The van der Waals surface area contributed by atoms with Crippen LogP contribution >= 0.6 is 23.2 Å². The first-order valence-corrected chi connectivity index (χ1v) is 6.96. The maximum atomic E-state index is 13.8. The van der Waals surface area contributed by atoms with E-state index in [1.165, 1.54) is 12.1 Å².